The largest absolute Gasteiger partial charge is 0.365 e. The maximum absolute atomic E-state index is 11.8. The standard InChI is InChI=1S/C12H17N3O2/c1-8-2-4-10(17-8)12(16)15-11-5-3-9(6-13)7-14-11/h3,5,7-8,10H,2,4,6,13H2,1H3,(H,14,15,16). The summed E-state index contributed by atoms with van der Waals surface area (Å²) in [6, 6.07) is 3.60. The molecule has 1 aliphatic rings. The predicted molar refractivity (Wildman–Crippen MR) is 64.3 cm³/mol. The number of nitrogens with zero attached hydrogens (tertiary/aromatic N) is 1. The normalized spacial score (nSPS) is 23.6. The monoisotopic (exact) mass is 235 g/mol. The van der Waals surface area contributed by atoms with Crippen LogP contribution >= 0.6 is 0 Å². The molecule has 0 aromatic carbocycles. The zero-order valence-electron chi connectivity index (χ0n) is 9.85. The number of pyridine rings is 1. The van der Waals surface area contributed by atoms with Gasteiger partial charge in [-0.1, -0.05) is 6.07 Å². The molecule has 1 saturated heterocycles. The summed E-state index contributed by atoms with van der Waals surface area (Å²) in [5.41, 5.74) is 6.41. The van der Waals surface area contributed by atoms with Crippen molar-refractivity contribution in [1.82, 2.24) is 4.98 Å². The Morgan fingerprint density at radius 1 is 1.59 bits per heavy atom. The van der Waals surface area contributed by atoms with E-state index in [1.54, 1.807) is 12.3 Å². The minimum Gasteiger partial charge on any atom is -0.365 e. The number of carbonyl (C=O) groups is 1. The summed E-state index contributed by atoms with van der Waals surface area (Å²) in [6.07, 6.45) is 3.18. The molecule has 1 aliphatic heterocycles. The van der Waals surface area contributed by atoms with Crippen LogP contribution in [0.1, 0.15) is 25.3 Å². The topological polar surface area (TPSA) is 77.2 Å². The van der Waals surface area contributed by atoms with Crippen LogP contribution in [0.15, 0.2) is 18.3 Å². The molecule has 2 unspecified atom stereocenters. The average molecular weight is 235 g/mol. The smallest absolute Gasteiger partial charge is 0.254 e. The second kappa shape index (κ2) is 5.25. The molecule has 1 amide bonds. The summed E-state index contributed by atoms with van der Waals surface area (Å²) >= 11 is 0. The van der Waals surface area contributed by atoms with Crippen LogP contribution in [0, 0.1) is 0 Å². The van der Waals surface area contributed by atoms with Gasteiger partial charge in [-0.15, -0.1) is 0 Å². The van der Waals surface area contributed by atoms with Gasteiger partial charge in [0.1, 0.15) is 11.9 Å². The van der Waals surface area contributed by atoms with Gasteiger partial charge in [-0.05, 0) is 31.4 Å². The van der Waals surface area contributed by atoms with Gasteiger partial charge in [-0.2, -0.15) is 0 Å². The van der Waals surface area contributed by atoms with Crippen LogP contribution < -0.4 is 11.1 Å². The Bertz CT molecular complexity index is 391. The molecule has 5 heteroatoms. The van der Waals surface area contributed by atoms with Crippen LogP contribution in [0.3, 0.4) is 0 Å². The Hall–Kier alpha value is -1.46. The fourth-order valence-electron chi connectivity index (χ4n) is 1.82. The molecule has 0 radical (unpaired) electrons. The summed E-state index contributed by atoms with van der Waals surface area (Å²) in [5.74, 6) is 0.415. The van der Waals surface area contributed by atoms with Crippen molar-refractivity contribution in [1.29, 1.82) is 0 Å². The van der Waals surface area contributed by atoms with Gasteiger partial charge in [0.05, 0.1) is 6.10 Å². The first-order chi connectivity index (χ1) is 8.19. The van der Waals surface area contributed by atoms with E-state index in [9.17, 15) is 4.79 Å². The zero-order valence-corrected chi connectivity index (χ0v) is 9.85. The maximum Gasteiger partial charge on any atom is 0.254 e. The molecule has 0 saturated carbocycles. The molecular weight excluding hydrogens is 218 g/mol. The Balaban J connectivity index is 1.93. The van der Waals surface area contributed by atoms with Crippen molar-refractivity contribution in [2.24, 2.45) is 5.73 Å². The van der Waals surface area contributed by atoms with Crippen LogP contribution in [0.2, 0.25) is 0 Å². The summed E-state index contributed by atoms with van der Waals surface area (Å²) < 4.78 is 5.48. The highest BCUT2D eigenvalue weighted by Crippen LogP contribution is 2.20. The zero-order chi connectivity index (χ0) is 12.3. The Kier molecular flexibility index (Phi) is 3.71. The third-order valence-electron chi connectivity index (χ3n) is 2.84. The van der Waals surface area contributed by atoms with Gasteiger partial charge in [-0.25, -0.2) is 4.98 Å². The van der Waals surface area contributed by atoms with Crippen molar-refractivity contribution in [3.63, 3.8) is 0 Å². The number of hydrogen-bond acceptors (Lipinski definition) is 4. The predicted octanol–water partition coefficient (Wildman–Crippen LogP) is 1.05. The van der Waals surface area contributed by atoms with Gasteiger partial charge in [0, 0.05) is 12.7 Å². The molecule has 5 nitrogen and oxygen atoms in total. The van der Waals surface area contributed by atoms with E-state index in [1.165, 1.54) is 0 Å². The Morgan fingerprint density at radius 3 is 2.94 bits per heavy atom. The van der Waals surface area contributed by atoms with Gasteiger partial charge in [0.15, 0.2) is 0 Å². The van der Waals surface area contributed by atoms with Crippen LogP contribution in [0.5, 0.6) is 0 Å². The highest BCUT2D eigenvalue weighted by atomic mass is 16.5. The fraction of sp³-hybridized carbons (Fsp3) is 0.500. The highest BCUT2D eigenvalue weighted by molar-refractivity contribution is 5.93. The maximum atomic E-state index is 11.8. The van der Waals surface area contributed by atoms with Crippen molar-refractivity contribution < 1.29 is 9.53 Å². The SMILES string of the molecule is CC1CCC(C(=O)Nc2ccc(CN)cn2)O1. The van der Waals surface area contributed by atoms with E-state index in [4.69, 9.17) is 10.5 Å². The quantitative estimate of drug-likeness (QED) is 0.820. The molecule has 1 aromatic rings. The van der Waals surface area contributed by atoms with Crippen molar-refractivity contribution in [3.05, 3.63) is 23.9 Å². The number of amides is 1. The van der Waals surface area contributed by atoms with Crippen molar-refractivity contribution in [2.45, 2.75) is 38.5 Å². The molecule has 2 rings (SSSR count). The van der Waals surface area contributed by atoms with Gasteiger partial charge < -0.3 is 15.8 Å². The van der Waals surface area contributed by atoms with Gasteiger partial charge in [-0.3, -0.25) is 4.79 Å². The second-order valence-electron chi connectivity index (χ2n) is 4.26. The summed E-state index contributed by atoms with van der Waals surface area (Å²) in [4.78, 5) is 15.9. The number of nitrogens with two attached hydrogens (primary N) is 1. The molecular formula is C12H17N3O2. The molecule has 2 heterocycles. The number of anilines is 1. The highest BCUT2D eigenvalue weighted by Gasteiger charge is 2.28. The summed E-state index contributed by atoms with van der Waals surface area (Å²) in [7, 11) is 0. The minimum atomic E-state index is -0.346. The molecule has 0 aliphatic carbocycles. The molecule has 0 spiro atoms. The van der Waals surface area contributed by atoms with E-state index in [0.29, 0.717) is 12.4 Å². The number of rotatable bonds is 3. The molecule has 3 N–H and O–H groups in total. The molecule has 0 bridgehead atoms. The number of nitrogens with one attached hydrogen (secondary N) is 1. The fourth-order valence-corrected chi connectivity index (χ4v) is 1.82. The minimum absolute atomic E-state index is 0.123. The number of aromatic nitrogens is 1. The lowest BCUT2D eigenvalue weighted by Crippen LogP contribution is -2.28. The van der Waals surface area contributed by atoms with Crippen LogP contribution in [-0.4, -0.2) is 23.1 Å². The third kappa shape index (κ3) is 3.01. The number of hydrogen-bond donors (Lipinski definition) is 2. The molecule has 17 heavy (non-hydrogen) atoms. The second-order valence-corrected chi connectivity index (χ2v) is 4.26. The van der Waals surface area contributed by atoms with Crippen LogP contribution in [-0.2, 0) is 16.1 Å². The first-order valence-electron chi connectivity index (χ1n) is 5.80. The first-order valence-corrected chi connectivity index (χ1v) is 5.80. The first kappa shape index (κ1) is 12.0. The Labute approximate surface area is 100 Å². The molecule has 1 aromatic heterocycles. The third-order valence-corrected chi connectivity index (χ3v) is 2.84. The average Bonchev–Trinajstić information content (AvgIpc) is 2.77. The van der Waals surface area contributed by atoms with E-state index >= 15 is 0 Å². The lowest BCUT2D eigenvalue weighted by Gasteiger charge is -2.11. The van der Waals surface area contributed by atoms with Gasteiger partial charge >= 0.3 is 0 Å². The van der Waals surface area contributed by atoms with Gasteiger partial charge in [0.25, 0.3) is 5.91 Å². The summed E-state index contributed by atoms with van der Waals surface area (Å²) in [5, 5.41) is 2.74. The summed E-state index contributed by atoms with van der Waals surface area (Å²) in [6.45, 7) is 2.42. The van der Waals surface area contributed by atoms with E-state index < -0.39 is 0 Å². The van der Waals surface area contributed by atoms with E-state index in [1.807, 2.05) is 13.0 Å². The van der Waals surface area contributed by atoms with E-state index in [0.717, 1.165) is 18.4 Å². The van der Waals surface area contributed by atoms with Crippen LogP contribution in [0.4, 0.5) is 5.82 Å². The van der Waals surface area contributed by atoms with E-state index in [-0.39, 0.29) is 18.1 Å². The van der Waals surface area contributed by atoms with Crippen LogP contribution in [0.25, 0.3) is 0 Å². The lowest BCUT2D eigenvalue weighted by atomic mass is 10.2. The number of carbonyl (C=O) groups excluding carboxylic acids is 1. The van der Waals surface area contributed by atoms with Crippen molar-refractivity contribution in [2.75, 3.05) is 5.32 Å². The Morgan fingerprint density at radius 2 is 2.41 bits per heavy atom. The van der Waals surface area contributed by atoms with E-state index in [2.05, 4.69) is 10.3 Å². The molecule has 1 fully saturated rings. The molecule has 92 valence electrons. The lowest BCUT2D eigenvalue weighted by molar-refractivity contribution is -0.126. The van der Waals surface area contributed by atoms with Crippen molar-refractivity contribution in [3.8, 4) is 0 Å². The molecule has 2 atom stereocenters. The number of ether oxygens (including phenoxy) is 1. The van der Waals surface area contributed by atoms with Gasteiger partial charge in [0.2, 0.25) is 0 Å². The van der Waals surface area contributed by atoms with Crippen molar-refractivity contribution >= 4 is 11.7 Å².